The van der Waals surface area contributed by atoms with Gasteiger partial charge < -0.3 is 18.2 Å². The highest BCUT2D eigenvalue weighted by Crippen LogP contribution is 2.37. The molecule has 12 rings (SSSR count). The summed E-state index contributed by atoms with van der Waals surface area (Å²) in [5, 5.41) is 26.1. The van der Waals surface area contributed by atoms with Gasteiger partial charge in [0.15, 0.2) is 0 Å². The fourth-order valence-corrected chi connectivity index (χ4v) is 10.1. The SMILES string of the molecule is CC(C)(C)c1ccc(-c2nnc(-c3ccc(/C=C/c4ccc(N(c5ccc(/C=C/c6ccc(-c7nnc(-c8ccc(C(C)(C)C)cc8)o7)cc6)cc5)c5ccc(/C=C/c6ccc(-c7nnc(-c8ccc(C(C)(C)C)cc8)o7)cc6)cc5)cc4)cc3)o2)cc1. The Morgan fingerprint density at radius 3 is 0.557 bits per heavy atom. The van der Waals surface area contributed by atoms with Crippen LogP contribution in [0.2, 0.25) is 0 Å². The molecule has 0 aliphatic heterocycles. The smallest absolute Gasteiger partial charge is 0.248 e. The Kier molecular flexibility index (Phi) is 16.0. The molecule has 0 atom stereocenters. The molecule has 0 unspecified atom stereocenters. The van der Waals surface area contributed by atoms with E-state index in [1.807, 2.05) is 72.8 Å². The molecular formula is C78H69N7O3. The summed E-state index contributed by atoms with van der Waals surface area (Å²) in [5.41, 5.74) is 18.7. The van der Waals surface area contributed by atoms with Crippen molar-refractivity contribution in [1.82, 2.24) is 30.6 Å². The van der Waals surface area contributed by atoms with Gasteiger partial charge in [-0.2, -0.15) is 0 Å². The summed E-state index contributed by atoms with van der Waals surface area (Å²) in [6, 6.07) is 75.3. The van der Waals surface area contributed by atoms with Crippen molar-refractivity contribution in [1.29, 1.82) is 0 Å². The average Bonchev–Trinajstić information content (AvgIpc) is 4.02. The highest BCUT2D eigenvalue weighted by Gasteiger charge is 2.20. The van der Waals surface area contributed by atoms with Gasteiger partial charge in [0, 0.05) is 50.4 Å². The molecule has 9 aromatic carbocycles. The summed E-state index contributed by atoms with van der Waals surface area (Å²) in [5.74, 6) is 2.95. The molecule has 0 N–H and O–H groups in total. The summed E-state index contributed by atoms with van der Waals surface area (Å²) in [6.07, 6.45) is 12.7. The van der Waals surface area contributed by atoms with Gasteiger partial charge in [-0.15, -0.1) is 30.6 Å². The molecule has 0 spiro atoms. The van der Waals surface area contributed by atoms with Crippen LogP contribution in [0.5, 0.6) is 0 Å². The van der Waals surface area contributed by atoms with Crippen molar-refractivity contribution in [2.75, 3.05) is 4.90 Å². The maximum absolute atomic E-state index is 6.11. The Morgan fingerprint density at radius 2 is 0.386 bits per heavy atom. The predicted molar refractivity (Wildman–Crippen MR) is 360 cm³/mol. The predicted octanol–water partition coefficient (Wildman–Crippen LogP) is 20.7. The molecule has 0 radical (unpaired) electrons. The Bertz CT molecular complexity index is 3940. The Morgan fingerprint density at radius 1 is 0.227 bits per heavy atom. The van der Waals surface area contributed by atoms with Gasteiger partial charge in [-0.25, -0.2) is 0 Å². The zero-order chi connectivity index (χ0) is 61.0. The normalized spacial score (nSPS) is 12.2. The van der Waals surface area contributed by atoms with Crippen molar-refractivity contribution in [3.05, 3.63) is 268 Å². The molecule has 10 heteroatoms. The third-order valence-electron chi connectivity index (χ3n) is 15.6. The fourth-order valence-electron chi connectivity index (χ4n) is 10.1. The van der Waals surface area contributed by atoms with Gasteiger partial charge in [-0.3, -0.25) is 0 Å². The number of nitrogens with zero attached hydrogens (tertiary/aromatic N) is 7. The summed E-state index contributed by atoms with van der Waals surface area (Å²) in [7, 11) is 0. The van der Waals surface area contributed by atoms with Crippen LogP contribution in [-0.4, -0.2) is 30.6 Å². The van der Waals surface area contributed by atoms with E-state index >= 15 is 0 Å². The third-order valence-corrected chi connectivity index (χ3v) is 15.6. The molecule has 0 saturated carbocycles. The minimum atomic E-state index is 0.0643. The molecule has 0 fully saturated rings. The molecule has 88 heavy (non-hydrogen) atoms. The average molecular weight is 1150 g/mol. The lowest BCUT2D eigenvalue weighted by atomic mass is 9.87. The zero-order valence-corrected chi connectivity index (χ0v) is 51.1. The number of aromatic nitrogens is 6. The van der Waals surface area contributed by atoms with Crippen LogP contribution in [0.4, 0.5) is 17.1 Å². The second-order valence-corrected chi connectivity index (χ2v) is 25.2. The molecule has 0 amide bonds. The molecule has 0 bridgehead atoms. The molecular weight excluding hydrogens is 1080 g/mol. The minimum absolute atomic E-state index is 0.0643. The fraction of sp³-hybridized carbons (Fsp3) is 0.154. The minimum Gasteiger partial charge on any atom is -0.416 e. The van der Waals surface area contributed by atoms with Crippen molar-refractivity contribution in [2.45, 2.75) is 78.6 Å². The van der Waals surface area contributed by atoms with Crippen LogP contribution in [0.25, 0.3) is 105 Å². The van der Waals surface area contributed by atoms with Gasteiger partial charge in [0.25, 0.3) is 0 Å². The van der Waals surface area contributed by atoms with Gasteiger partial charge in [0.1, 0.15) is 0 Å². The number of rotatable bonds is 15. The van der Waals surface area contributed by atoms with Crippen LogP contribution in [0, 0.1) is 0 Å². The summed E-state index contributed by atoms with van der Waals surface area (Å²) in [6.45, 7) is 19.8. The van der Waals surface area contributed by atoms with E-state index in [4.69, 9.17) is 13.3 Å². The van der Waals surface area contributed by atoms with E-state index in [1.165, 1.54) is 16.7 Å². The van der Waals surface area contributed by atoms with Crippen molar-refractivity contribution in [3.63, 3.8) is 0 Å². The largest absolute Gasteiger partial charge is 0.416 e. The van der Waals surface area contributed by atoms with Crippen LogP contribution in [0.15, 0.2) is 232 Å². The second-order valence-electron chi connectivity index (χ2n) is 25.2. The van der Waals surface area contributed by atoms with Crippen LogP contribution < -0.4 is 4.90 Å². The van der Waals surface area contributed by atoms with Gasteiger partial charge in [-0.05, 0) is 176 Å². The third kappa shape index (κ3) is 13.6. The first-order chi connectivity index (χ1) is 42.4. The summed E-state index contributed by atoms with van der Waals surface area (Å²) in [4.78, 5) is 2.28. The molecule has 3 heterocycles. The maximum Gasteiger partial charge on any atom is 0.248 e. The number of benzene rings is 9. The van der Waals surface area contributed by atoms with Crippen molar-refractivity contribution >= 4 is 53.5 Å². The topological polar surface area (TPSA) is 120 Å². The first-order valence-corrected chi connectivity index (χ1v) is 29.7. The standard InChI is InChI=1S/C78H69N7O3/c1-76(2,3)64-40-34-61(35-41-64)73-82-79-70(86-73)58-28-16-52(17-29-58)10-13-55-22-46-67(47-23-55)85(68-48-24-56(25-49-68)14-11-53-18-30-59(31-19-53)71-80-83-74(87-71)62-36-42-65(43-37-62)77(4,5)6)69-50-26-57(27-51-69)15-12-54-20-32-60(33-21-54)72-81-84-75(88-72)63-38-44-66(45-39-63)78(7,8)9/h10-51H,1-9H3/b13-10+,14-11+,15-12+. The van der Waals surface area contributed by atoms with E-state index < -0.39 is 0 Å². The Balaban J connectivity index is 0.739. The summed E-state index contributed by atoms with van der Waals surface area (Å²) >= 11 is 0. The van der Waals surface area contributed by atoms with Crippen LogP contribution in [0.1, 0.15) is 112 Å². The van der Waals surface area contributed by atoms with Crippen LogP contribution >= 0.6 is 0 Å². The molecule has 0 aliphatic carbocycles. The van der Waals surface area contributed by atoms with E-state index in [-0.39, 0.29) is 16.2 Å². The lowest BCUT2D eigenvalue weighted by molar-refractivity contribution is 0.582. The highest BCUT2D eigenvalue weighted by molar-refractivity contribution is 5.81. The lowest BCUT2D eigenvalue weighted by Crippen LogP contribution is -2.10. The molecule has 10 nitrogen and oxygen atoms in total. The molecule has 3 aromatic heterocycles. The summed E-state index contributed by atoms with van der Waals surface area (Å²) < 4.78 is 18.3. The van der Waals surface area contributed by atoms with Crippen molar-refractivity contribution < 1.29 is 13.3 Å². The van der Waals surface area contributed by atoms with Gasteiger partial charge >= 0.3 is 0 Å². The first-order valence-electron chi connectivity index (χ1n) is 29.7. The van der Waals surface area contributed by atoms with E-state index in [9.17, 15) is 0 Å². The Labute approximate surface area is 515 Å². The monoisotopic (exact) mass is 1150 g/mol. The number of hydrogen-bond acceptors (Lipinski definition) is 10. The maximum atomic E-state index is 6.11. The number of hydrogen-bond donors (Lipinski definition) is 0. The van der Waals surface area contributed by atoms with Crippen LogP contribution in [0.3, 0.4) is 0 Å². The van der Waals surface area contributed by atoms with E-state index in [2.05, 4.69) is 280 Å². The van der Waals surface area contributed by atoms with E-state index in [0.29, 0.717) is 35.3 Å². The second kappa shape index (κ2) is 24.4. The zero-order valence-electron chi connectivity index (χ0n) is 51.1. The number of anilines is 3. The van der Waals surface area contributed by atoms with Crippen LogP contribution in [-0.2, 0) is 16.2 Å². The highest BCUT2D eigenvalue weighted by atomic mass is 16.4. The van der Waals surface area contributed by atoms with E-state index in [0.717, 1.165) is 83.8 Å². The van der Waals surface area contributed by atoms with Gasteiger partial charge in [0.05, 0.1) is 0 Å². The quantitative estimate of drug-likeness (QED) is 0.0918. The first kappa shape index (κ1) is 57.8. The molecule has 0 aliphatic rings. The van der Waals surface area contributed by atoms with Gasteiger partial charge in [0.2, 0.25) is 35.3 Å². The van der Waals surface area contributed by atoms with Gasteiger partial charge in [-0.1, -0.05) is 208 Å². The van der Waals surface area contributed by atoms with Crippen molar-refractivity contribution in [3.8, 4) is 68.7 Å². The molecule has 434 valence electrons. The van der Waals surface area contributed by atoms with E-state index in [1.54, 1.807) is 0 Å². The molecule has 12 aromatic rings. The van der Waals surface area contributed by atoms with Crippen molar-refractivity contribution in [2.24, 2.45) is 0 Å². The molecule has 0 saturated heterocycles. The lowest BCUT2D eigenvalue weighted by Gasteiger charge is -2.26. The Hall–Kier alpha value is -10.6.